The average molecular weight is 460 g/mol. The van der Waals surface area contributed by atoms with Crippen molar-refractivity contribution in [1.29, 1.82) is 0 Å². The van der Waals surface area contributed by atoms with Crippen LogP contribution in [0, 0.1) is 0 Å². The van der Waals surface area contributed by atoms with Crippen LogP contribution in [-0.4, -0.2) is 42.7 Å². The summed E-state index contributed by atoms with van der Waals surface area (Å²) in [5.41, 5.74) is -0.863. The topological polar surface area (TPSA) is 116 Å². The van der Waals surface area contributed by atoms with E-state index in [4.69, 9.17) is 25.8 Å². The van der Waals surface area contributed by atoms with E-state index in [1.165, 1.54) is 12.1 Å². The van der Waals surface area contributed by atoms with Gasteiger partial charge in [-0.2, -0.15) is 13.2 Å². The van der Waals surface area contributed by atoms with Gasteiger partial charge in [0.15, 0.2) is 23.9 Å². The molecule has 0 unspecified atom stereocenters. The summed E-state index contributed by atoms with van der Waals surface area (Å²) in [4.78, 5) is 39.0. The summed E-state index contributed by atoms with van der Waals surface area (Å²) >= 11 is 5.67. The van der Waals surface area contributed by atoms with Crippen molar-refractivity contribution in [3.8, 4) is 11.5 Å². The summed E-state index contributed by atoms with van der Waals surface area (Å²) in [6, 6.07) is 5.06. The molecule has 0 aliphatic carbocycles. The third-order valence-electron chi connectivity index (χ3n) is 3.82. The molecule has 0 bridgehead atoms. The van der Waals surface area contributed by atoms with Crippen molar-refractivity contribution in [2.45, 2.75) is 6.18 Å². The number of carbonyl (C=O) groups excluding carboxylic acids is 3. The molecule has 13 heteroatoms. The number of amides is 2. The Kier molecular flexibility index (Phi) is 6.49. The minimum atomic E-state index is -4.64. The number of pyridine rings is 1. The minimum absolute atomic E-state index is 0.0437. The number of hydrogen-bond acceptors (Lipinski definition) is 7. The number of benzene rings is 1. The van der Waals surface area contributed by atoms with Crippen molar-refractivity contribution >= 4 is 35.2 Å². The number of nitrogens with one attached hydrogen (secondary N) is 2. The Balaban J connectivity index is 1.44. The fraction of sp³-hybridized carbons (Fsp3) is 0.222. The van der Waals surface area contributed by atoms with Crippen LogP contribution in [0.2, 0.25) is 5.02 Å². The molecule has 9 nitrogen and oxygen atoms in total. The van der Waals surface area contributed by atoms with Crippen LogP contribution in [0.5, 0.6) is 11.5 Å². The summed E-state index contributed by atoms with van der Waals surface area (Å²) in [5, 5.41) is 3.99. The lowest BCUT2D eigenvalue weighted by Gasteiger charge is -2.10. The zero-order chi connectivity index (χ0) is 22.6. The Morgan fingerprint density at radius 3 is 2.61 bits per heavy atom. The van der Waals surface area contributed by atoms with Crippen molar-refractivity contribution in [2.75, 3.05) is 25.3 Å². The SMILES string of the molecule is O=C(COC(=O)CNC(=O)c1ccc2c(c1)OCO2)Nc1ncc(C(F)(F)F)cc1Cl. The number of alkyl halides is 3. The van der Waals surface area contributed by atoms with E-state index in [1.807, 2.05) is 0 Å². The standard InChI is InChI=1S/C18H13ClF3N3O6/c19-11-4-10(18(20,21)22)5-23-16(11)25-14(26)7-29-15(27)6-24-17(28)9-1-2-12-13(3-9)31-8-30-12/h1-5H,6-8H2,(H,24,28)(H,23,25,26). The van der Waals surface area contributed by atoms with E-state index in [9.17, 15) is 27.6 Å². The van der Waals surface area contributed by atoms with Crippen LogP contribution in [0.4, 0.5) is 19.0 Å². The lowest BCUT2D eigenvalue weighted by molar-refractivity contribution is -0.146. The fourth-order valence-electron chi connectivity index (χ4n) is 2.34. The highest BCUT2D eigenvalue weighted by Gasteiger charge is 2.31. The summed E-state index contributed by atoms with van der Waals surface area (Å²) < 4.78 is 52.7. The summed E-state index contributed by atoms with van der Waals surface area (Å²) in [6.07, 6.45) is -4.14. The smallest absolute Gasteiger partial charge is 0.417 e. The third-order valence-corrected chi connectivity index (χ3v) is 4.11. The third kappa shape index (κ3) is 5.75. The summed E-state index contributed by atoms with van der Waals surface area (Å²) in [7, 11) is 0. The van der Waals surface area contributed by atoms with Gasteiger partial charge in [-0.05, 0) is 24.3 Å². The van der Waals surface area contributed by atoms with Gasteiger partial charge in [0, 0.05) is 11.8 Å². The average Bonchev–Trinajstić information content (AvgIpc) is 3.19. The first-order valence-corrected chi connectivity index (χ1v) is 8.87. The van der Waals surface area contributed by atoms with Crippen LogP contribution < -0.4 is 20.1 Å². The first-order chi connectivity index (χ1) is 14.6. The number of carbonyl (C=O) groups is 3. The van der Waals surface area contributed by atoms with E-state index in [0.29, 0.717) is 23.8 Å². The van der Waals surface area contributed by atoms with E-state index >= 15 is 0 Å². The second-order valence-electron chi connectivity index (χ2n) is 6.01. The lowest BCUT2D eigenvalue weighted by Crippen LogP contribution is -2.32. The molecule has 1 aromatic heterocycles. The number of halogens is 4. The first kappa shape index (κ1) is 22.2. The fourth-order valence-corrected chi connectivity index (χ4v) is 2.56. The highest BCUT2D eigenvalue weighted by Crippen LogP contribution is 2.33. The molecule has 1 aliphatic rings. The van der Waals surface area contributed by atoms with E-state index < -0.39 is 47.7 Å². The quantitative estimate of drug-likeness (QED) is 0.637. The lowest BCUT2D eigenvalue weighted by atomic mass is 10.2. The van der Waals surface area contributed by atoms with Gasteiger partial charge in [-0.3, -0.25) is 14.4 Å². The van der Waals surface area contributed by atoms with Crippen LogP contribution in [0.25, 0.3) is 0 Å². The molecular weight excluding hydrogens is 447 g/mol. The molecule has 2 amide bonds. The van der Waals surface area contributed by atoms with E-state index in [2.05, 4.69) is 15.6 Å². The largest absolute Gasteiger partial charge is 0.454 e. The Hall–Kier alpha value is -3.54. The van der Waals surface area contributed by atoms with Crippen LogP contribution in [0.3, 0.4) is 0 Å². The number of nitrogens with zero attached hydrogens (tertiary/aromatic N) is 1. The Morgan fingerprint density at radius 1 is 1.16 bits per heavy atom. The van der Waals surface area contributed by atoms with Crippen molar-refractivity contribution in [3.63, 3.8) is 0 Å². The molecular formula is C18H13ClF3N3O6. The first-order valence-electron chi connectivity index (χ1n) is 8.49. The molecule has 3 rings (SSSR count). The number of anilines is 1. The Labute approximate surface area is 177 Å². The molecule has 0 radical (unpaired) electrons. The summed E-state index contributed by atoms with van der Waals surface area (Å²) in [5.74, 6) is -1.83. The van der Waals surface area contributed by atoms with Crippen LogP contribution in [0.1, 0.15) is 15.9 Å². The molecule has 0 atom stereocenters. The highest BCUT2D eigenvalue weighted by atomic mass is 35.5. The normalized spacial score (nSPS) is 12.3. The monoisotopic (exact) mass is 459 g/mol. The molecule has 2 aromatic rings. The van der Waals surface area contributed by atoms with E-state index in [-0.39, 0.29) is 18.2 Å². The van der Waals surface area contributed by atoms with Crippen LogP contribution in [0.15, 0.2) is 30.5 Å². The van der Waals surface area contributed by atoms with Crippen LogP contribution in [-0.2, 0) is 20.5 Å². The molecule has 2 heterocycles. The van der Waals surface area contributed by atoms with Crippen molar-refractivity contribution in [2.24, 2.45) is 0 Å². The number of ether oxygens (including phenoxy) is 3. The molecule has 1 aliphatic heterocycles. The van der Waals surface area contributed by atoms with Crippen molar-refractivity contribution in [1.82, 2.24) is 10.3 Å². The molecule has 1 aromatic carbocycles. The van der Waals surface area contributed by atoms with Gasteiger partial charge in [-0.25, -0.2) is 4.98 Å². The Bertz CT molecular complexity index is 1030. The number of esters is 1. The van der Waals surface area contributed by atoms with Gasteiger partial charge in [0.1, 0.15) is 6.54 Å². The maximum absolute atomic E-state index is 12.6. The van der Waals surface area contributed by atoms with Gasteiger partial charge in [0.05, 0.1) is 10.6 Å². The maximum atomic E-state index is 12.6. The zero-order valence-corrected chi connectivity index (χ0v) is 16.2. The van der Waals surface area contributed by atoms with E-state index in [0.717, 1.165) is 0 Å². The van der Waals surface area contributed by atoms with Crippen LogP contribution >= 0.6 is 11.6 Å². The van der Waals surface area contributed by atoms with Crippen molar-refractivity contribution in [3.05, 3.63) is 46.6 Å². The van der Waals surface area contributed by atoms with Gasteiger partial charge in [-0.1, -0.05) is 11.6 Å². The van der Waals surface area contributed by atoms with Gasteiger partial charge in [-0.15, -0.1) is 0 Å². The number of aromatic nitrogens is 1. The van der Waals surface area contributed by atoms with Gasteiger partial charge in [0.25, 0.3) is 11.8 Å². The Morgan fingerprint density at radius 2 is 1.90 bits per heavy atom. The number of fused-ring (bicyclic) bond motifs is 1. The molecule has 0 saturated heterocycles. The maximum Gasteiger partial charge on any atom is 0.417 e. The molecule has 0 spiro atoms. The van der Waals surface area contributed by atoms with E-state index in [1.54, 1.807) is 6.07 Å². The molecule has 2 N–H and O–H groups in total. The minimum Gasteiger partial charge on any atom is -0.454 e. The zero-order valence-electron chi connectivity index (χ0n) is 15.4. The van der Waals surface area contributed by atoms with Gasteiger partial charge >= 0.3 is 12.1 Å². The molecule has 31 heavy (non-hydrogen) atoms. The predicted molar refractivity (Wildman–Crippen MR) is 98.7 cm³/mol. The predicted octanol–water partition coefficient (Wildman–Crippen LogP) is 2.39. The molecule has 164 valence electrons. The van der Waals surface area contributed by atoms with Gasteiger partial charge < -0.3 is 24.8 Å². The molecule has 0 fully saturated rings. The number of hydrogen-bond donors (Lipinski definition) is 2. The second kappa shape index (κ2) is 9.08. The summed E-state index contributed by atoms with van der Waals surface area (Å²) in [6.45, 7) is -1.25. The second-order valence-corrected chi connectivity index (χ2v) is 6.42. The van der Waals surface area contributed by atoms with Gasteiger partial charge in [0.2, 0.25) is 6.79 Å². The highest BCUT2D eigenvalue weighted by molar-refractivity contribution is 6.33. The number of rotatable bonds is 6. The van der Waals surface area contributed by atoms with Crippen molar-refractivity contribution < 1.29 is 41.8 Å². The molecule has 0 saturated carbocycles.